The normalized spacial score (nSPS) is 11.4. The van der Waals surface area contributed by atoms with E-state index in [4.69, 9.17) is 27.9 Å². The topological polar surface area (TPSA) is 95.4 Å². The van der Waals surface area contributed by atoms with E-state index in [9.17, 15) is 9.59 Å². The Hall–Kier alpha value is -3.56. The summed E-state index contributed by atoms with van der Waals surface area (Å²) in [5, 5.41) is 4.94. The second-order valence-electron chi connectivity index (χ2n) is 7.29. The highest BCUT2D eigenvalue weighted by Crippen LogP contribution is 2.23. The van der Waals surface area contributed by atoms with Crippen molar-refractivity contribution < 1.29 is 4.74 Å². The van der Waals surface area contributed by atoms with Gasteiger partial charge in [-0.1, -0.05) is 29.3 Å². The fourth-order valence-electron chi connectivity index (χ4n) is 3.36. The van der Waals surface area contributed by atoms with Gasteiger partial charge in [0.15, 0.2) is 11.2 Å². The molecule has 4 rings (SSSR count). The number of nitrogens with zero attached hydrogens (tertiary/aromatic N) is 5. The smallest absolute Gasteiger partial charge is 0.332 e. The van der Waals surface area contributed by atoms with E-state index in [2.05, 4.69) is 15.5 Å². The highest BCUT2D eigenvalue weighted by Gasteiger charge is 2.18. The number of fused-ring (bicyclic) bond motifs is 1. The van der Waals surface area contributed by atoms with Gasteiger partial charge in [-0.25, -0.2) is 10.2 Å². The predicted molar refractivity (Wildman–Crippen MR) is 130 cm³/mol. The van der Waals surface area contributed by atoms with E-state index in [0.717, 1.165) is 15.9 Å². The van der Waals surface area contributed by atoms with E-state index in [1.807, 2.05) is 24.3 Å². The van der Waals surface area contributed by atoms with Crippen molar-refractivity contribution in [1.29, 1.82) is 0 Å². The van der Waals surface area contributed by atoms with Crippen LogP contribution < -0.4 is 21.4 Å². The lowest BCUT2D eigenvalue weighted by molar-refractivity contribution is 0.415. The molecular formula is C22H20Cl2N6O3. The zero-order chi connectivity index (χ0) is 23.7. The maximum atomic E-state index is 13.2. The molecule has 0 bridgehead atoms. The van der Waals surface area contributed by atoms with Gasteiger partial charge < -0.3 is 9.30 Å². The number of halogens is 2. The third-order valence-corrected chi connectivity index (χ3v) is 5.92. The molecule has 0 aliphatic carbocycles. The van der Waals surface area contributed by atoms with Crippen LogP contribution in [-0.4, -0.2) is 32.0 Å². The first-order chi connectivity index (χ1) is 15.8. The Balaban J connectivity index is 1.69. The molecule has 2 heterocycles. The Bertz CT molecular complexity index is 1490. The summed E-state index contributed by atoms with van der Waals surface area (Å²) in [6.45, 7) is 0.0436. The Labute approximate surface area is 198 Å². The Morgan fingerprint density at radius 1 is 1.06 bits per heavy atom. The molecule has 0 saturated carbocycles. The van der Waals surface area contributed by atoms with Crippen LogP contribution in [0.5, 0.6) is 5.75 Å². The summed E-state index contributed by atoms with van der Waals surface area (Å²) in [5.41, 5.74) is 3.90. The molecule has 0 radical (unpaired) electrons. The number of hydrogen-bond donors (Lipinski definition) is 1. The van der Waals surface area contributed by atoms with Crippen LogP contribution in [0.2, 0.25) is 10.0 Å². The Morgan fingerprint density at radius 3 is 2.45 bits per heavy atom. The molecule has 0 aliphatic rings. The van der Waals surface area contributed by atoms with Crippen LogP contribution in [0.4, 0.5) is 5.95 Å². The maximum absolute atomic E-state index is 13.2. The quantitative estimate of drug-likeness (QED) is 0.333. The van der Waals surface area contributed by atoms with Crippen molar-refractivity contribution in [3.05, 3.63) is 84.5 Å². The van der Waals surface area contributed by atoms with E-state index < -0.39 is 11.2 Å². The second kappa shape index (κ2) is 9.13. The number of aromatic nitrogens is 4. The molecule has 2 aromatic heterocycles. The first-order valence-corrected chi connectivity index (χ1v) is 10.6. The lowest BCUT2D eigenvalue weighted by Gasteiger charge is -2.09. The first-order valence-electron chi connectivity index (χ1n) is 9.83. The fourth-order valence-corrected chi connectivity index (χ4v) is 3.68. The van der Waals surface area contributed by atoms with Gasteiger partial charge >= 0.3 is 5.69 Å². The summed E-state index contributed by atoms with van der Waals surface area (Å²) in [7, 11) is 4.84. The molecular weight excluding hydrogens is 467 g/mol. The molecule has 0 spiro atoms. The zero-order valence-electron chi connectivity index (χ0n) is 18.0. The van der Waals surface area contributed by atoms with Gasteiger partial charge in [0.05, 0.1) is 29.9 Å². The molecule has 2 aromatic carbocycles. The van der Waals surface area contributed by atoms with Crippen LogP contribution in [0.25, 0.3) is 11.2 Å². The van der Waals surface area contributed by atoms with E-state index in [-0.39, 0.29) is 17.7 Å². The van der Waals surface area contributed by atoms with Gasteiger partial charge in [0.1, 0.15) is 5.75 Å². The van der Waals surface area contributed by atoms with Gasteiger partial charge in [-0.3, -0.25) is 13.9 Å². The number of aryl methyl sites for hydroxylation is 2. The first kappa shape index (κ1) is 22.6. The molecule has 0 unspecified atom stereocenters. The molecule has 4 aromatic rings. The maximum Gasteiger partial charge on any atom is 0.332 e. The molecule has 33 heavy (non-hydrogen) atoms. The van der Waals surface area contributed by atoms with Crippen LogP contribution >= 0.6 is 23.2 Å². The summed E-state index contributed by atoms with van der Waals surface area (Å²) in [5.74, 6) is 1.06. The molecule has 0 saturated heterocycles. The van der Waals surface area contributed by atoms with Crippen LogP contribution in [0.15, 0.2) is 57.2 Å². The van der Waals surface area contributed by atoms with Crippen molar-refractivity contribution in [2.24, 2.45) is 19.2 Å². The van der Waals surface area contributed by atoms with Gasteiger partial charge in [0, 0.05) is 14.1 Å². The lowest BCUT2D eigenvalue weighted by atomic mass is 10.2. The number of methoxy groups -OCH3 is 1. The van der Waals surface area contributed by atoms with Crippen molar-refractivity contribution in [2.75, 3.05) is 12.5 Å². The number of hydrogen-bond acceptors (Lipinski definition) is 6. The minimum absolute atomic E-state index is 0.0436. The molecule has 170 valence electrons. The van der Waals surface area contributed by atoms with Crippen molar-refractivity contribution in [1.82, 2.24) is 18.7 Å². The van der Waals surface area contributed by atoms with Crippen LogP contribution in [-0.2, 0) is 20.6 Å². The fraction of sp³-hybridized carbons (Fsp3) is 0.182. The summed E-state index contributed by atoms with van der Waals surface area (Å²) >= 11 is 12.0. The van der Waals surface area contributed by atoms with Crippen molar-refractivity contribution in [3.63, 3.8) is 0 Å². The van der Waals surface area contributed by atoms with Crippen LogP contribution in [0.1, 0.15) is 11.1 Å². The highest BCUT2D eigenvalue weighted by atomic mass is 35.5. The van der Waals surface area contributed by atoms with Gasteiger partial charge in [0.2, 0.25) is 5.95 Å². The average molecular weight is 487 g/mol. The Kier molecular flexibility index (Phi) is 6.26. The lowest BCUT2D eigenvalue weighted by Crippen LogP contribution is -2.39. The molecule has 11 heteroatoms. The van der Waals surface area contributed by atoms with Crippen molar-refractivity contribution in [2.45, 2.75) is 6.54 Å². The summed E-state index contributed by atoms with van der Waals surface area (Å²) in [6, 6.07) is 12.3. The standard InChI is InChI=1S/C22H20Cl2N6O3/c1-28-18-19(26-21(28)27-25-11-13-4-7-15(33-3)8-5-13)29(2)22(32)30(20(18)31)12-14-6-9-16(23)17(24)10-14/h4-11H,12H2,1-3H3,(H,26,27). The third-order valence-electron chi connectivity index (χ3n) is 5.18. The zero-order valence-corrected chi connectivity index (χ0v) is 19.6. The van der Waals surface area contributed by atoms with Gasteiger partial charge in [0.25, 0.3) is 5.56 Å². The molecule has 0 amide bonds. The molecule has 9 nitrogen and oxygen atoms in total. The van der Waals surface area contributed by atoms with Crippen molar-refractivity contribution >= 4 is 46.5 Å². The third kappa shape index (κ3) is 4.37. The number of imidazole rings is 1. The minimum atomic E-state index is -0.495. The minimum Gasteiger partial charge on any atom is -0.497 e. The number of rotatable bonds is 6. The van der Waals surface area contributed by atoms with Gasteiger partial charge in [-0.05, 0) is 47.5 Å². The number of hydrazone groups is 1. The van der Waals surface area contributed by atoms with E-state index in [1.165, 1.54) is 4.57 Å². The van der Waals surface area contributed by atoms with Crippen LogP contribution in [0, 0.1) is 0 Å². The van der Waals surface area contributed by atoms with E-state index in [1.54, 1.807) is 50.2 Å². The van der Waals surface area contributed by atoms with Crippen LogP contribution in [0.3, 0.4) is 0 Å². The second-order valence-corrected chi connectivity index (χ2v) is 8.11. The number of nitrogens with one attached hydrogen (secondary N) is 1. The predicted octanol–water partition coefficient (Wildman–Crippen LogP) is 3.24. The number of ether oxygens (including phenoxy) is 1. The molecule has 0 aliphatic heterocycles. The molecule has 1 N–H and O–H groups in total. The monoisotopic (exact) mass is 486 g/mol. The van der Waals surface area contributed by atoms with E-state index >= 15 is 0 Å². The largest absolute Gasteiger partial charge is 0.497 e. The molecule has 0 atom stereocenters. The summed E-state index contributed by atoms with van der Waals surface area (Å²) in [4.78, 5) is 30.5. The summed E-state index contributed by atoms with van der Waals surface area (Å²) in [6.07, 6.45) is 1.61. The van der Waals surface area contributed by atoms with E-state index in [0.29, 0.717) is 21.6 Å². The average Bonchev–Trinajstić information content (AvgIpc) is 3.14. The Morgan fingerprint density at radius 2 is 1.79 bits per heavy atom. The van der Waals surface area contributed by atoms with Gasteiger partial charge in [-0.2, -0.15) is 10.1 Å². The molecule has 0 fully saturated rings. The highest BCUT2D eigenvalue weighted by molar-refractivity contribution is 6.42. The SMILES string of the molecule is COc1ccc(C=NNc2nc3c(c(=O)n(Cc4ccc(Cl)c(Cl)c4)c(=O)n3C)n2C)cc1. The number of anilines is 1. The van der Waals surface area contributed by atoms with Crippen molar-refractivity contribution in [3.8, 4) is 5.75 Å². The van der Waals surface area contributed by atoms with Gasteiger partial charge in [-0.15, -0.1) is 0 Å². The summed E-state index contributed by atoms with van der Waals surface area (Å²) < 4.78 is 9.16. The number of benzene rings is 2.